The van der Waals surface area contributed by atoms with Gasteiger partial charge in [-0.05, 0) is 62.4 Å². The van der Waals surface area contributed by atoms with Gasteiger partial charge >= 0.3 is 0 Å². The molecule has 4 rings (SSSR count). The third kappa shape index (κ3) is 4.94. The second-order valence-electron chi connectivity index (χ2n) is 7.05. The quantitative estimate of drug-likeness (QED) is 0.308. The van der Waals surface area contributed by atoms with Gasteiger partial charge in [-0.25, -0.2) is 4.98 Å². The fraction of sp³-hybridized carbons (Fsp3) is 0.240. The first-order valence-corrected chi connectivity index (χ1v) is 10.8. The largest absolute Gasteiger partial charge is 0.490 e. The van der Waals surface area contributed by atoms with Gasteiger partial charge in [0.15, 0.2) is 23.4 Å². The number of halogens is 1. The van der Waals surface area contributed by atoms with Crippen molar-refractivity contribution in [3.8, 4) is 17.2 Å². The monoisotopic (exact) mass is 436 g/mol. The summed E-state index contributed by atoms with van der Waals surface area (Å²) in [5.74, 6) is 3.08. The van der Waals surface area contributed by atoms with Crippen LogP contribution in [-0.4, -0.2) is 22.8 Å². The second kappa shape index (κ2) is 9.75. The molecule has 0 N–H and O–H groups in total. The molecule has 0 amide bonds. The van der Waals surface area contributed by atoms with Crippen LogP contribution in [0.2, 0.25) is 5.02 Å². The number of benzene rings is 3. The summed E-state index contributed by atoms with van der Waals surface area (Å²) >= 11 is 5.99. The highest BCUT2D eigenvalue weighted by molar-refractivity contribution is 6.30. The Kier molecular flexibility index (Phi) is 6.63. The maximum absolute atomic E-state index is 6.14. The van der Waals surface area contributed by atoms with Crippen LogP contribution >= 0.6 is 11.6 Å². The van der Waals surface area contributed by atoms with Crippen LogP contribution in [0.5, 0.6) is 17.2 Å². The summed E-state index contributed by atoms with van der Waals surface area (Å²) < 4.78 is 20.0. The van der Waals surface area contributed by atoms with E-state index in [2.05, 4.69) is 10.6 Å². The Balaban J connectivity index is 1.54. The SMILES string of the molecule is CCOc1ccccc1OCCn1c(C(C)Oc2ccc(Cl)cc2)nc2ccccc21. The molecule has 31 heavy (non-hydrogen) atoms. The maximum atomic E-state index is 6.14. The Morgan fingerprint density at radius 3 is 2.32 bits per heavy atom. The number of ether oxygens (including phenoxy) is 3. The summed E-state index contributed by atoms with van der Waals surface area (Å²) in [5.41, 5.74) is 1.98. The van der Waals surface area contributed by atoms with Crippen molar-refractivity contribution in [3.63, 3.8) is 0 Å². The minimum absolute atomic E-state index is 0.246. The van der Waals surface area contributed by atoms with Crippen molar-refractivity contribution in [2.24, 2.45) is 0 Å². The summed E-state index contributed by atoms with van der Waals surface area (Å²) in [4.78, 5) is 4.83. The van der Waals surface area contributed by atoms with E-state index >= 15 is 0 Å². The number of hydrogen-bond acceptors (Lipinski definition) is 4. The minimum atomic E-state index is -0.246. The molecule has 0 bridgehead atoms. The predicted molar refractivity (Wildman–Crippen MR) is 123 cm³/mol. The fourth-order valence-corrected chi connectivity index (χ4v) is 3.63. The molecule has 1 aromatic heterocycles. The summed E-state index contributed by atoms with van der Waals surface area (Å²) in [6.07, 6.45) is -0.246. The van der Waals surface area contributed by atoms with Crippen molar-refractivity contribution in [2.75, 3.05) is 13.2 Å². The Morgan fingerprint density at radius 2 is 1.58 bits per heavy atom. The minimum Gasteiger partial charge on any atom is -0.490 e. The molecule has 0 aliphatic heterocycles. The molecule has 0 spiro atoms. The first-order chi connectivity index (χ1) is 15.2. The van der Waals surface area contributed by atoms with E-state index in [1.807, 2.05) is 80.6 Å². The van der Waals surface area contributed by atoms with Gasteiger partial charge in [-0.3, -0.25) is 0 Å². The van der Waals surface area contributed by atoms with Gasteiger partial charge < -0.3 is 18.8 Å². The van der Waals surface area contributed by atoms with E-state index in [1.54, 1.807) is 0 Å². The highest BCUT2D eigenvalue weighted by Gasteiger charge is 2.18. The Bertz CT molecular complexity index is 1140. The van der Waals surface area contributed by atoms with E-state index in [0.29, 0.717) is 24.8 Å². The normalized spacial score (nSPS) is 12.0. The van der Waals surface area contributed by atoms with Gasteiger partial charge in [0, 0.05) is 5.02 Å². The molecule has 160 valence electrons. The lowest BCUT2D eigenvalue weighted by molar-refractivity contribution is 0.206. The average Bonchev–Trinajstić information content (AvgIpc) is 3.16. The van der Waals surface area contributed by atoms with E-state index in [4.69, 9.17) is 30.8 Å². The summed E-state index contributed by atoms with van der Waals surface area (Å²) in [5, 5.41) is 0.678. The molecule has 0 saturated heterocycles. The smallest absolute Gasteiger partial charge is 0.161 e. The van der Waals surface area contributed by atoms with Gasteiger partial charge in [-0.2, -0.15) is 0 Å². The number of imidazole rings is 1. The van der Waals surface area contributed by atoms with Crippen molar-refractivity contribution in [3.05, 3.63) is 83.6 Å². The second-order valence-corrected chi connectivity index (χ2v) is 7.49. The number of hydrogen-bond donors (Lipinski definition) is 0. The van der Waals surface area contributed by atoms with Crippen molar-refractivity contribution < 1.29 is 14.2 Å². The van der Waals surface area contributed by atoms with Crippen LogP contribution in [0.3, 0.4) is 0 Å². The number of rotatable bonds is 9. The van der Waals surface area contributed by atoms with E-state index < -0.39 is 0 Å². The Labute approximate surface area is 187 Å². The van der Waals surface area contributed by atoms with Gasteiger partial charge in [0.2, 0.25) is 0 Å². The summed E-state index contributed by atoms with van der Waals surface area (Å²) in [7, 11) is 0. The molecule has 0 saturated carbocycles. The van der Waals surface area contributed by atoms with Gasteiger partial charge in [0.25, 0.3) is 0 Å². The molecule has 4 aromatic rings. The lowest BCUT2D eigenvalue weighted by Gasteiger charge is -2.17. The van der Waals surface area contributed by atoms with Crippen molar-refractivity contribution in [1.29, 1.82) is 0 Å². The third-order valence-corrected chi connectivity index (χ3v) is 5.15. The maximum Gasteiger partial charge on any atom is 0.161 e. The van der Waals surface area contributed by atoms with E-state index in [0.717, 1.165) is 34.1 Å². The van der Waals surface area contributed by atoms with E-state index in [1.165, 1.54) is 0 Å². The van der Waals surface area contributed by atoms with Crippen LogP contribution in [0, 0.1) is 0 Å². The van der Waals surface area contributed by atoms with E-state index in [-0.39, 0.29) is 6.10 Å². The van der Waals surface area contributed by atoms with Crippen LogP contribution in [0.15, 0.2) is 72.8 Å². The summed E-state index contributed by atoms with van der Waals surface area (Å²) in [6, 6.07) is 23.1. The van der Waals surface area contributed by atoms with Gasteiger partial charge in [-0.1, -0.05) is 35.9 Å². The third-order valence-electron chi connectivity index (χ3n) is 4.90. The zero-order valence-electron chi connectivity index (χ0n) is 17.6. The lowest BCUT2D eigenvalue weighted by atomic mass is 10.3. The highest BCUT2D eigenvalue weighted by atomic mass is 35.5. The van der Waals surface area contributed by atoms with Crippen molar-refractivity contribution >= 4 is 22.6 Å². The lowest BCUT2D eigenvalue weighted by Crippen LogP contribution is -2.16. The molecule has 0 aliphatic rings. The molecule has 6 heteroatoms. The molecule has 0 aliphatic carbocycles. The topological polar surface area (TPSA) is 45.5 Å². The molecular formula is C25H25ClN2O3. The van der Waals surface area contributed by atoms with Crippen LogP contribution in [0.25, 0.3) is 11.0 Å². The van der Waals surface area contributed by atoms with Gasteiger partial charge in [0.1, 0.15) is 12.4 Å². The number of para-hydroxylation sites is 4. The number of aromatic nitrogens is 2. The van der Waals surface area contributed by atoms with E-state index in [9.17, 15) is 0 Å². The average molecular weight is 437 g/mol. The van der Waals surface area contributed by atoms with Crippen LogP contribution in [-0.2, 0) is 6.54 Å². The van der Waals surface area contributed by atoms with Crippen LogP contribution in [0.4, 0.5) is 0 Å². The van der Waals surface area contributed by atoms with Crippen molar-refractivity contribution in [2.45, 2.75) is 26.5 Å². The molecule has 3 aromatic carbocycles. The number of nitrogens with zero attached hydrogens (tertiary/aromatic N) is 2. The summed E-state index contributed by atoms with van der Waals surface area (Å²) in [6.45, 7) is 5.66. The predicted octanol–water partition coefficient (Wildman–Crippen LogP) is 6.31. The highest BCUT2D eigenvalue weighted by Crippen LogP contribution is 2.28. The molecule has 0 fully saturated rings. The molecule has 1 unspecified atom stereocenters. The van der Waals surface area contributed by atoms with Crippen LogP contribution < -0.4 is 14.2 Å². The standard InChI is InChI=1S/C25H25ClN2O3/c1-3-29-23-10-6-7-11-24(23)30-17-16-28-22-9-5-4-8-21(22)27-25(28)18(2)31-20-14-12-19(26)13-15-20/h4-15,18H,3,16-17H2,1-2H3. The zero-order chi connectivity index (χ0) is 21.6. The Hall–Kier alpha value is -3.18. The van der Waals surface area contributed by atoms with Crippen molar-refractivity contribution in [1.82, 2.24) is 9.55 Å². The fourth-order valence-electron chi connectivity index (χ4n) is 3.50. The zero-order valence-corrected chi connectivity index (χ0v) is 18.4. The van der Waals surface area contributed by atoms with Gasteiger partial charge in [-0.15, -0.1) is 0 Å². The molecule has 0 radical (unpaired) electrons. The molecule has 1 atom stereocenters. The number of fused-ring (bicyclic) bond motifs is 1. The first kappa shape index (κ1) is 21.1. The molecule has 5 nitrogen and oxygen atoms in total. The Morgan fingerprint density at radius 1 is 0.903 bits per heavy atom. The van der Waals surface area contributed by atoms with Gasteiger partial charge in [0.05, 0.1) is 24.2 Å². The first-order valence-electron chi connectivity index (χ1n) is 10.4. The molecule has 1 heterocycles. The molecular weight excluding hydrogens is 412 g/mol. The van der Waals surface area contributed by atoms with Crippen LogP contribution in [0.1, 0.15) is 25.8 Å².